The first kappa shape index (κ1) is 13.3. The van der Waals surface area contributed by atoms with Crippen LogP contribution < -0.4 is 0 Å². The summed E-state index contributed by atoms with van der Waals surface area (Å²) in [6, 6.07) is 3.33. The molecule has 0 unspecified atom stereocenters. The van der Waals surface area contributed by atoms with E-state index in [1.165, 1.54) is 19.1 Å². The average molecular weight is 266 g/mol. The number of nitrogens with zero attached hydrogens (tertiary/aromatic N) is 2. The third-order valence-electron chi connectivity index (χ3n) is 2.56. The molecule has 0 aliphatic heterocycles. The van der Waals surface area contributed by atoms with Crippen LogP contribution in [0.3, 0.4) is 0 Å². The molecular weight excluding hydrogens is 254 g/mol. The Kier molecular flexibility index (Phi) is 3.99. The molecule has 2 aromatic rings. The number of halogens is 2. The van der Waals surface area contributed by atoms with E-state index in [0.29, 0.717) is 30.1 Å². The Morgan fingerprint density at radius 2 is 2.16 bits per heavy atom. The number of rotatable bonds is 5. The van der Waals surface area contributed by atoms with Crippen LogP contribution in [-0.2, 0) is 17.6 Å². The van der Waals surface area contributed by atoms with Crippen molar-refractivity contribution in [1.29, 1.82) is 0 Å². The zero-order valence-electron chi connectivity index (χ0n) is 10.3. The van der Waals surface area contributed by atoms with Crippen molar-refractivity contribution in [1.82, 2.24) is 10.1 Å². The highest BCUT2D eigenvalue weighted by Crippen LogP contribution is 2.13. The second-order valence-corrected chi connectivity index (χ2v) is 4.22. The topological polar surface area (TPSA) is 56.0 Å². The highest BCUT2D eigenvalue weighted by Gasteiger charge is 2.11. The third-order valence-corrected chi connectivity index (χ3v) is 2.56. The molecule has 2 rings (SSSR count). The number of benzene rings is 1. The van der Waals surface area contributed by atoms with Crippen molar-refractivity contribution in [2.75, 3.05) is 0 Å². The van der Waals surface area contributed by atoms with Crippen LogP contribution in [0, 0.1) is 11.6 Å². The molecule has 0 bridgehead atoms. The lowest BCUT2D eigenvalue weighted by atomic mass is 10.1. The van der Waals surface area contributed by atoms with Crippen LogP contribution in [0.5, 0.6) is 0 Å². The quantitative estimate of drug-likeness (QED) is 0.834. The van der Waals surface area contributed by atoms with Crippen molar-refractivity contribution in [3.05, 3.63) is 47.1 Å². The lowest BCUT2D eigenvalue weighted by Crippen LogP contribution is -1.97. The maximum absolute atomic E-state index is 13.4. The average Bonchev–Trinajstić information content (AvgIpc) is 2.78. The standard InChI is InChI=1S/C13H12F2N2O2/c1-8(18)2-5-13-16-12(17-19-13)6-9-3-4-10(14)7-11(9)15/h3-4,7H,2,5-6H2,1H3. The monoisotopic (exact) mass is 266 g/mol. The Hall–Kier alpha value is -2.11. The van der Waals surface area contributed by atoms with Gasteiger partial charge < -0.3 is 9.32 Å². The Labute approximate surface area is 108 Å². The van der Waals surface area contributed by atoms with Crippen LogP contribution >= 0.6 is 0 Å². The molecule has 1 aromatic heterocycles. The van der Waals surface area contributed by atoms with E-state index in [4.69, 9.17) is 4.52 Å². The lowest BCUT2D eigenvalue weighted by Gasteiger charge is -1.99. The van der Waals surface area contributed by atoms with E-state index >= 15 is 0 Å². The van der Waals surface area contributed by atoms with Gasteiger partial charge in [0.05, 0.1) is 0 Å². The zero-order chi connectivity index (χ0) is 13.8. The Morgan fingerprint density at radius 1 is 1.37 bits per heavy atom. The summed E-state index contributed by atoms with van der Waals surface area (Å²) in [7, 11) is 0. The number of ketones is 1. The highest BCUT2D eigenvalue weighted by molar-refractivity contribution is 5.75. The van der Waals surface area contributed by atoms with E-state index in [-0.39, 0.29) is 12.2 Å². The Bertz CT molecular complexity index is 596. The molecule has 1 heterocycles. The molecule has 0 spiro atoms. The summed E-state index contributed by atoms with van der Waals surface area (Å²) >= 11 is 0. The number of aryl methyl sites for hydroxylation is 1. The molecule has 0 N–H and O–H groups in total. The summed E-state index contributed by atoms with van der Waals surface area (Å²) in [5, 5.41) is 3.70. The number of hydrogen-bond donors (Lipinski definition) is 0. The number of hydrogen-bond acceptors (Lipinski definition) is 4. The zero-order valence-corrected chi connectivity index (χ0v) is 10.3. The number of aromatic nitrogens is 2. The minimum Gasteiger partial charge on any atom is -0.339 e. The van der Waals surface area contributed by atoms with E-state index in [0.717, 1.165) is 6.07 Å². The SMILES string of the molecule is CC(=O)CCc1nc(Cc2ccc(F)cc2F)no1. The number of carbonyl (C=O) groups excluding carboxylic acids is 1. The van der Waals surface area contributed by atoms with Crippen LogP contribution in [0.25, 0.3) is 0 Å². The van der Waals surface area contributed by atoms with Crippen molar-refractivity contribution in [3.8, 4) is 0 Å². The molecule has 0 aliphatic carbocycles. The van der Waals surface area contributed by atoms with Crippen LogP contribution in [-0.4, -0.2) is 15.9 Å². The van der Waals surface area contributed by atoms with E-state index in [1.54, 1.807) is 0 Å². The van der Waals surface area contributed by atoms with Crippen LogP contribution in [0.15, 0.2) is 22.7 Å². The molecule has 100 valence electrons. The molecule has 0 radical (unpaired) electrons. The maximum Gasteiger partial charge on any atom is 0.227 e. The predicted octanol–water partition coefficient (Wildman–Crippen LogP) is 2.46. The minimum absolute atomic E-state index is 0.0318. The Balaban J connectivity index is 2.05. The van der Waals surface area contributed by atoms with Crippen molar-refractivity contribution in [2.24, 2.45) is 0 Å². The van der Waals surface area contributed by atoms with Gasteiger partial charge in [-0.1, -0.05) is 11.2 Å². The van der Waals surface area contributed by atoms with Gasteiger partial charge in [0.15, 0.2) is 5.82 Å². The lowest BCUT2D eigenvalue weighted by molar-refractivity contribution is -0.117. The molecule has 0 aliphatic rings. The van der Waals surface area contributed by atoms with Gasteiger partial charge in [-0.2, -0.15) is 4.98 Å². The van der Waals surface area contributed by atoms with Gasteiger partial charge >= 0.3 is 0 Å². The minimum atomic E-state index is -0.643. The van der Waals surface area contributed by atoms with Gasteiger partial charge in [0.1, 0.15) is 17.4 Å². The molecule has 19 heavy (non-hydrogen) atoms. The van der Waals surface area contributed by atoms with E-state index in [9.17, 15) is 13.6 Å². The largest absolute Gasteiger partial charge is 0.339 e. The molecule has 0 atom stereocenters. The van der Waals surface area contributed by atoms with Gasteiger partial charge in [0, 0.05) is 25.3 Å². The van der Waals surface area contributed by atoms with Crippen molar-refractivity contribution in [2.45, 2.75) is 26.2 Å². The molecule has 0 saturated carbocycles. The predicted molar refractivity (Wildman–Crippen MR) is 62.5 cm³/mol. The second-order valence-electron chi connectivity index (χ2n) is 4.22. The number of carbonyl (C=O) groups is 1. The summed E-state index contributed by atoms with van der Waals surface area (Å²) in [6.45, 7) is 1.48. The van der Waals surface area contributed by atoms with Crippen molar-refractivity contribution < 1.29 is 18.1 Å². The second kappa shape index (κ2) is 5.69. The summed E-state index contributed by atoms with van der Waals surface area (Å²) in [6.07, 6.45) is 0.816. The first-order valence-corrected chi connectivity index (χ1v) is 5.79. The molecule has 0 fully saturated rings. The molecule has 4 nitrogen and oxygen atoms in total. The summed E-state index contributed by atoms with van der Waals surface area (Å²) in [5.74, 6) is -0.590. The maximum atomic E-state index is 13.4. The molecular formula is C13H12F2N2O2. The Morgan fingerprint density at radius 3 is 2.84 bits per heavy atom. The van der Waals surface area contributed by atoms with Gasteiger partial charge in [-0.05, 0) is 18.6 Å². The fourth-order valence-electron chi connectivity index (χ4n) is 1.58. The smallest absolute Gasteiger partial charge is 0.227 e. The normalized spacial score (nSPS) is 10.7. The van der Waals surface area contributed by atoms with Gasteiger partial charge in [-0.15, -0.1) is 0 Å². The first-order valence-electron chi connectivity index (χ1n) is 5.79. The molecule has 6 heteroatoms. The van der Waals surface area contributed by atoms with Crippen LogP contribution in [0.2, 0.25) is 0 Å². The molecule has 0 amide bonds. The number of Topliss-reactive ketones (excluding diaryl/α,β-unsaturated/α-hetero) is 1. The fraction of sp³-hybridized carbons (Fsp3) is 0.308. The van der Waals surface area contributed by atoms with E-state index < -0.39 is 11.6 Å². The van der Waals surface area contributed by atoms with Gasteiger partial charge in [-0.25, -0.2) is 8.78 Å². The van der Waals surface area contributed by atoms with Crippen molar-refractivity contribution in [3.63, 3.8) is 0 Å². The van der Waals surface area contributed by atoms with E-state index in [1.807, 2.05) is 0 Å². The summed E-state index contributed by atoms with van der Waals surface area (Å²) < 4.78 is 31.1. The first-order chi connectivity index (χ1) is 9.04. The van der Waals surface area contributed by atoms with Gasteiger partial charge in [-0.3, -0.25) is 0 Å². The fourth-order valence-corrected chi connectivity index (χ4v) is 1.58. The highest BCUT2D eigenvalue weighted by atomic mass is 19.1. The summed E-state index contributed by atoms with van der Waals surface area (Å²) in [5.41, 5.74) is 0.292. The van der Waals surface area contributed by atoms with Gasteiger partial charge in [0.25, 0.3) is 0 Å². The van der Waals surface area contributed by atoms with Crippen LogP contribution in [0.4, 0.5) is 8.78 Å². The summed E-state index contributed by atoms with van der Waals surface area (Å²) in [4.78, 5) is 14.9. The van der Waals surface area contributed by atoms with E-state index in [2.05, 4.69) is 10.1 Å². The molecule has 0 saturated heterocycles. The van der Waals surface area contributed by atoms with Crippen molar-refractivity contribution >= 4 is 5.78 Å². The molecule has 1 aromatic carbocycles. The van der Waals surface area contributed by atoms with Crippen LogP contribution in [0.1, 0.15) is 30.6 Å². The third kappa shape index (κ3) is 3.67. The van der Waals surface area contributed by atoms with Gasteiger partial charge in [0.2, 0.25) is 5.89 Å².